The number of H-pyrrole nitrogens is 1. The van der Waals surface area contributed by atoms with Crippen LogP contribution in [0.2, 0.25) is 0 Å². The van der Waals surface area contributed by atoms with Crippen LogP contribution in [0.4, 0.5) is 0 Å². The molecule has 0 saturated carbocycles. The van der Waals surface area contributed by atoms with Gasteiger partial charge in [-0.25, -0.2) is 0 Å². The number of aromatic amines is 1. The number of hydrogen-bond donors (Lipinski definition) is 1. The van der Waals surface area contributed by atoms with Crippen LogP contribution in [0, 0.1) is 5.92 Å². The second-order valence-electron chi connectivity index (χ2n) is 7.54. The van der Waals surface area contributed by atoms with Gasteiger partial charge in [-0.1, -0.05) is 18.2 Å². The lowest BCUT2D eigenvalue weighted by atomic mass is 9.78. The summed E-state index contributed by atoms with van der Waals surface area (Å²) in [6, 6.07) is 7.92. The molecule has 2 aliphatic heterocycles. The van der Waals surface area contributed by atoms with Crippen LogP contribution in [0.5, 0.6) is 0 Å². The van der Waals surface area contributed by atoms with E-state index in [2.05, 4.69) is 4.98 Å². The van der Waals surface area contributed by atoms with Crippen LogP contribution in [0.3, 0.4) is 0 Å². The Balaban J connectivity index is 1.49. The Labute approximate surface area is 151 Å². The molecule has 5 rings (SSSR count). The molecule has 2 atom stereocenters. The van der Waals surface area contributed by atoms with Gasteiger partial charge < -0.3 is 9.88 Å². The molecular weight excluding hydrogens is 330 g/mol. The molecule has 1 aromatic carbocycles. The average molecular weight is 351 g/mol. The Morgan fingerprint density at radius 2 is 1.88 bits per heavy atom. The Bertz CT molecular complexity index is 926. The molecule has 3 heterocycles. The summed E-state index contributed by atoms with van der Waals surface area (Å²) in [5, 5.41) is 1.02. The Kier molecular flexibility index (Phi) is 3.42. The van der Waals surface area contributed by atoms with Crippen LogP contribution in [0.15, 0.2) is 24.3 Å². The predicted molar refractivity (Wildman–Crippen MR) is 95.4 cm³/mol. The van der Waals surface area contributed by atoms with Crippen molar-refractivity contribution in [2.75, 3.05) is 19.6 Å². The van der Waals surface area contributed by atoms with Gasteiger partial charge in [0.15, 0.2) is 0 Å². The molecular formula is C20H21N3O3. The van der Waals surface area contributed by atoms with Gasteiger partial charge in [-0.05, 0) is 37.3 Å². The Morgan fingerprint density at radius 1 is 1.12 bits per heavy atom. The normalized spacial score (nSPS) is 25.1. The first-order valence-corrected chi connectivity index (χ1v) is 9.37. The van der Waals surface area contributed by atoms with Gasteiger partial charge in [0.25, 0.3) is 0 Å². The van der Waals surface area contributed by atoms with Crippen LogP contribution in [0.25, 0.3) is 10.9 Å². The SMILES string of the molecule is O=C(CN1C(=O)[C@@H]2c3c([nH]c4ccccc34)CC[C@H]2C1=O)N1CCCC1. The third-order valence-corrected chi connectivity index (χ3v) is 6.11. The van der Waals surface area contributed by atoms with E-state index in [1.54, 1.807) is 4.90 Å². The maximum Gasteiger partial charge on any atom is 0.242 e. The van der Waals surface area contributed by atoms with Crippen molar-refractivity contribution in [2.24, 2.45) is 5.92 Å². The summed E-state index contributed by atoms with van der Waals surface area (Å²) in [4.78, 5) is 44.9. The summed E-state index contributed by atoms with van der Waals surface area (Å²) in [5.74, 6) is -1.28. The number of carbonyl (C=O) groups is 3. The number of fused-ring (bicyclic) bond motifs is 5. The first-order chi connectivity index (χ1) is 12.6. The van der Waals surface area contributed by atoms with Crippen molar-refractivity contribution in [1.29, 1.82) is 0 Å². The number of likely N-dealkylation sites (tertiary alicyclic amines) is 2. The molecule has 2 fully saturated rings. The smallest absolute Gasteiger partial charge is 0.242 e. The molecule has 26 heavy (non-hydrogen) atoms. The highest BCUT2D eigenvalue weighted by molar-refractivity contribution is 6.11. The fourth-order valence-corrected chi connectivity index (χ4v) is 4.84. The minimum Gasteiger partial charge on any atom is -0.358 e. The molecule has 3 amide bonds. The number of nitrogens with zero attached hydrogens (tertiary/aromatic N) is 2. The number of hydrogen-bond acceptors (Lipinski definition) is 3. The number of nitrogens with one attached hydrogen (secondary N) is 1. The maximum atomic E-state index is 13.1. The summed E-state index contributed by atoms with van der Waals surface area (Å²) in [5.41, 5.74) is 3.03. The van der Waals surface area contributed by atoms with Crippen molar-refractivity contribution in [3.8, 4) is 0 Å². The second kappa shape index (κ2) is 5.69. The quantitative estimate of drug-likeness (QED) is 0.839. The van der Waals surface area contributed by atoms with Crippen LogP contribution < -0.4 is 0 Å². The molecule has 2 saturated heterocycles. The van der Waals surface area contributed by atoms with Crippen molar-refractivity contribution in [3.63, 3.8) is 0 Å². The van der Waals surface area contributed by atoms with Crippen LogP contribution in [-0.4, -0.2) is 52.1 Å². The highest BCUT2D eigenvalue weighted by atomic mass is 16.2. The monoisotopic (exact) mass is 351 g/mol. The van der Waals surface area contributed by atoms with Gasteiger partial charge in [0, 0.05) is 29.7 Å². The molecule has 6 heteroatoms. The zero-order valence-electron chi connectivity index (χ0n) is 14.5. The summed E-state index contributed by atoms with van der Waals surface area (Å²) >= 11 is 0. The third kappa shape index (κ3) is 2.14. The number of rotatable bonds is 2. The zero-order chi connectivity index (χ0) is 17.8. The van der Waals surface area contributed by atoms with Gasteiger partial charge in [0.2, 0.25) is 17.7 Å². The first-order valence-electron chi connectivity index (χ1n) is 9.37. The largest absolute Gasteiger partial charge is 0.358 e. The van der Waals surface area contributed by atoms with E-state index in [9.17, 15) is 14.4 Å². The van der Waals surface area contributed by atoms with Gasteiger partial charge in [0.05, 0.1) is 11.8 Å². The average Bonchev–Trinajstić information content (AvgIpc) is 3.35. The van der Waals surface area contributed by atoms with Crippen LogP contribution >= 0.6 is 0 Å². The van der Waals surface area contributed by atoms with Gasteiger partial charge in [-0.15, -0.1) is 0 Å². The molecule has 1 aliphatic carbocycles. The number of para-hydroxylation sites is 1. The minimum absolute atomic E-state index is 0.109. The van der Waals surface area contributed by atoms with E-state index in [4.69, 9.17) is 0 Å². The molecule has 0 radical (unpaired) electrons. The van der Waals surface area contributed by atoms with E-state index in [1.165, 1.54) is 4.90 Å². The van der Waals surface area contributed by atoms with Gasteiger partial charge in [0.1, 0.15) is 6.54 Å². The van der Waals surface area contributed by atoms with Crippen molar-refractivity contribution in [3.05, 3.63) is 35.5 Å². The molecule has 0 spiro atoms. The number of carbonyl (C=O) groups excluding carboxylic acids is 3. The maximum absolute atomic E-state index is 13.1. The lowest BCUT2D eigenvalue weighted by molar-refractivity contribution is -0.145. The van der Waals surface area contributed by atoms with Gasteiger partial charge in [-0.3, -0.25) is 19.3 Å². The van der Waals surface area contributed by atoms with E-state index in [0.29, 0.717) is 6.42 Å². The lowest BCUT2D eigenvalue weighted by Crippen LogP contribution is -2.42. The molecule has 1 aromatic heterocycles. The predicted octanol–water partition coefficient (Wildman–Crippen LogP) is 1.81. The summed E-state index contributed by atoms with van der Waals surface area (Å²) in [7, 11) is 0. The first kappa shape index (κ1) is 15.6. The standard InChI is InChI=1S/C20H21N3O3/c24-16(22-9-3-4-10-22)11-23-19(25)13-7-8-15-17(18(13)20(23)26)12-5-1-2-6-14(12)21-15/h1-2,5-6,13,18,21H,3-4,7-11H2/t13-,18+/m1/s1. The molecule has 134 valence electrons. The van der Waals surface area contributed by atoms with E-state index in [1.807, 2.05) is 24.3 Å². The topological polar surface area (TPSA) is 73.5 Å². The van der Waals surface area contributed by atoms with E-state index in [-0.39, 0.29) is 30.2 Å². The molecule has 3 aliphatic rings. The fourth-order valence-electron chi connectivity index (χ4n) is 4.84. The van der Waals surface area contributed by atoms with E-state index in [0.717, 1.165) is 54.5 Å². The molecule has 0 bridgehead atoms. The Hall–Kier alpha value is -2.63. The van der Waals surface area contributed by atoms with Crippen LogP contribution in [0.1, 0.15) is 36.4 Å². The fraction of sp³-hybridized carbons (Fsp3) is 0.450. The molecule has 0 unspecified atom stereocenters. The van der Waals surface area contributed by atoms with Crippen molar-refractivity contribution in [1.82, 2.24) is 14.8 Å². The summed E-state index contributed by atoms with van der Waals surface area (Å²) < 4.78 is 0. The number of aromatic nitrogens is 1. The van der Waals surface area contributed by atoms with E-state index >= 15 is 0 Å². The van der Waals surface area contributed by atoms with Crippen molar-refractivity contribution >= 4 is 28.6 Å². The van der Waals surface area contributed by atoms with Gasteiger partial charge >= 0.3 is 0 Å². The molecule has 6 nitrogen and oxygen atoms in total. The Morgan fingerprint density at radius 3 is 2.69 bits per heavy atom. The number of imide groups is 1. The van der Waals surface area contributed by atoms with Crippen LogP contribution in [-0.2, 0) is 20.8 Å². The second-order valence-corrected chi connectivity index (χ2v) is 7.54. The highest BCUT2D eigenvalue weighted by Gasteiger charge is 2.52. The zero-order valence-corrected chi connectivity index (χ0v) is 14.5. The summed E-state index contributed by atoms with van der Waals surface area (Å²) in [6.07, 6.45) is 3.41. The number of aryl methyl sites for hydroxylation is 1. The van der Waals surface area contributed by atoms with Gasteiger partial charge in [-0.2, -0.15) is 0 Å². The molecule has 1 N–H and O–H groups in total. The van der Waals surface area contributed by atoms with E-state index < -0.39 is 5.92 Å². The van der Waals surface area contributed by atoms with Crippen molar-refractivity contribution in [2.45, 2.75) is 31.6 Å². The molecule has 2 aromatic rings. The summed E-state index contributed by atoms with van der Waals surface area (Å²) in [6.45, 7) is 1.35. The van der Waals surface area contributed by atoms with Crippen molar-refractivity contribution < 1.29 is 14.4 Å². The lowest BCUT2D eigenvalue weighted by Gasteiger charge is -2.21. The minimum atomic E-state index is -0.450. The number of benzene rings is 1. The third-order valence-electron chi connectivity index (χ3n) is 6.11. The number of amides is 3. The highest BCUT2D eigenvalue weighted by Crippen LogP contribution is 2.45.